The van der Waals surface area contributed by atoms with Crippen molar-refractivity contribution in [2.75, 3.05) is 6.54 Å². The SMILES string of the molecule is Cc1noc(C)c1S(=O)(=O)N1CCCC1C(=O)NCc1cccc(Cl)c1. The lowest BCUT2D eigenvalue weighted by atomic mass is 10.2. The summed E-state index contributed by atoms with van der Waals surface area (Å²) in [6.45, 7) is 3.71. The molecule has 7 nitrogen and oxygen atoms in total. The van der Waals surface area contributed by atoms with E-state index >= 15 is 0 Å². The first-order chi connectivity index (χ1) is 12.3. The average Bonchev–Trinajstić information content (AvgIpc) is 3.20. The van der Waals surface area contributed by atoms with Crippen molar-refractivity contribution in [2.45, 2.75) is 44.2 Å². The van der Waals surface area contributed by atoms with Crippen LogP contribution >= 0.6 is 11.6 Å². The Hall–Kier alpha value is -1.90. The molecule has 1 aromatic heterocycles. The third-order valence-electron chi connectivity index (χ3n) is 4.40. The largest absolute Gasteiger partial charge is 0.360 e. The zero-order valence-electron chi connectivity index (χ0n) is 14.5. The number of nitrogens with zero attached hydrogens (tertiary/aromatic N) is 2. The van der Waals surface area contributed by atoms with Gasteiger partial charge < -0.3 is 9.84 Å². The summed E-state index contributed by atoms with van der Waals surface area (Å²) in [7, 11) is -3.85. The molecule has 2 aromatic rings. The Morgan fingerprint density at radius 2 is 2.19 bits per heavy atom. The van der Waals surface area contributed by atoms with Gasteiger partial charge in [-0.1, -0.05) is 28.9 Å². The van der Waals surface area contributed by atoms with E-state index in [2.05, 4.69) is 10.5 Å². The van der Waals surface area contributed by atoms with E-state index in [9.17, 15) is 13.2 Å². The maximum Gasteiger partial charge on any atom is 0.249 e. The first kappa shape index (κ1) is 18.9. The van der Waals surface area contributed by atoms with E-state index < -0.39 is 16.1 Å². The van der Waals surface area contributed by atoms with Crippen molar-refractivity contribution >= 4 is 27.5 Å². The van der Waals surface area contributed by atoms with Crippen LogP contribution in [-0.2, 0) is 21.4 Å². The molecule has 0 radical (unpaired) electrons. The van der Waals surface area contributed by atoms with Gasteiger partial charge in [0.05, 0.1) is 0 Å². The van der Waals surface area contributed by atoms with Crippen LogP contribution in [0, 0.1) is 13.8 Å². The van der Waals surface area contributed by atoms with Gasteiger partial charge in [-0.15, -0.1) is 0 Å². The standard InChI is InChI=1S/C17H20ClN3O4S/c1-11-16(12(2)25-20-11)26(23,24)21-8-4-7-15(21)17(22)19-10-13-5-3-6-14(18)9-13/h3,5-6,9,15H,4,7-8,10H2,1-2H3,(H,19,22). The molecule has 1 amide bonds. The number of rotatable bonds is 5. The van der Waals surface area contributed by atoms with Crippen molar-refractivity contribution in [1.29, 1.82) is 0 Å². The maximum atomic E-state index is 13.0. The molecule has 2 heterocycles. The second-order valence-corrected chi connectivity index (χ2v) is 8.54. The molecule has 9 heteroatoms. The molecular weight excluding hydrogens is 378 g/mol. The van der Waals surface area contributed by atoms with Gasteiger partial charge in [-0.05, 0) is 44.4 Å². The molecule has 0 spiro atoms. The van der Waals surface area contributed by atoms with Crippen molar-refractivity contribution in [3.8, 4) is 0 Å². The highest BCUT2D eigenvalue weighted by Gasteiger charge is 2.41. The van der Waals surface area contributed by atoms with Crippen LogP contribution in [0.4, 0.5) is 0 Å². The predicted octanol–water partition coefficient (Wildman–Crippen LogP) is 2.41. The monoisotopic (exact) mass is 397 g/mol. The molecule has 1 aromatic carbocycles. The number of hydrogen-bond donors (Lipinski definition) is 1. The van der Waals surface area contributed by atoms with E-state index in [4.69, 9.17) is 16.1 Å². The fraction of sp³-hybridized carbons (Fsp3) is 0.412. The summed E-state index contributed by atoms with van der Waals surface area (Å²) in [4.78, 5) is 12.7. The molecule has 1 aliphatic heterocycles. The number of nitrogens with one attached hydrogen (secondary N) is 1. The third kappa shape index (κ3) is 3.62. The lowest BCUT2D eigenvalue weighted by Crippen LogP contribution is -2.45. The van der Waals surface area contributed by atoms with Crippen molar-refractivity contribution in [3.63, 3.8) is 0 Å². The summed E-state index contributed by atoms with van der Waals surface area (Å²) in [5.41, 5.74) is 1.15. The minimum absolute atomic E-state index is 0.0482. The van der Waals surface area contributed by atoms with Crippen molar-refractivity contribution in [1.82, 2.24) is 14.8 Å². The van der Waals surface area contributed by atoms with Crippen LogP contribution < -0.4 is 5.32 Å². The highest BCUT2D eigenvalue weighted by molar-refractivity contribution is 7.89. The second-order valence-electron chi connectivity index (χ2n) is 6.27. The Morgan fingerprint density at radius 1 is 1.42 bits per heavy atom. The van der Waals surface area contributed by atoms with Gasteiger partial charge in [0.25, 0.3) is 0 Å². The van der Waals surface area contributed by atoms with Crippen LogP contribution in [0.5, 0.6) is 0 Å². The predicted molar refractivity (Wildman–Crippen MR) is 96.2 cm³/mol. The zero-order valence-corrected chi connectivity index (χ0v) is 16.1. The molecule has 140 valence electrons. The van der Waals surface area contributed by atoms with Crippen molar-refractivity contribution in [3.05, 3.63) is 46.3 Å². The van der Waals surface area contributed by atoms with E-state index in [0.29, 0.717) is 30.1 Å². The minimum atomic E-state index is -3.85. The highest BCUT2D eigenvalue weighted by atomic mass is 35.5. The summed E-state index contributed by atoms with van der Waals surface area (Å²) in [6.07, 6.45) is 1.10. The van der Waals surface area contributed by atoms with Crippen LogP contribution in [0.2, 0.25) is 5.02 Å². The summed E-state index contributed by atoms with van der Waals surface area (Å²) < 4.78 is 32.2. The van der Waals surface area contributed by atoms with Crippen LogP contribution in [0.25, 0.3) is 0 Å². The first-order valence-corrected chi connectivity index (χ1v) is 10.1. The summed E-state index contributed by atoms with van der Waals surface area (Å²) in [6, 6.07) is 6.41. The lowest BCUT2D eigenvalue weighted by molar-refractivity contribution is -0.124. The van der Waals surface area contributed by atoms with E-state index in [1.165, 1.54) is 4.31 Å². The average molecular weight is 398 g/mol. The molecule has 1 saturated heterocycles. The molecule has 0 saturated carbocycles. The fourth-order valence-electron chi connectivity index (χ4n) is 3.20. The summed E-state index contributed by atoms with van der Waals surface area (Å²) >= 11 is 5.94. The Morgan fingerprint density at radius 3 is 2.85 bits per heavy atom. The number of benzene rings is 1. The molecule has 1 atom stereocenters. The first-order valence-electron chi connectivity index (χ1n) is 8.27. The number of amides is 1. The minimum Gasteiger partial charge on any atom is -0.360 e. The molecule has 1 fully saturated rings. The molecular formula is C17H20ClN3O4S. The Bertz CT molecular complexity index is 906. The number of carbonyl (C=O) groups is 1. The number of hydrogen-bond acceptors (Lipinski definition) is 5. The summed E-state index contributed by atoms with van der Waals surface area (Å²) in [5, 5.41) is 7.10. The molecule has 1 N–H and O–H groups in total. The van der Waals surface area contributed by atoms with Gasteiger partial charge in [-0.2, -0.15) is 4.31 Å². The number of sulfonamides is 1. The van der Waals surface area contributed by atoms with E-state index in [1.54, 1.807) is 32.0 Å². The smallest absolute Gasteiger partial charge is 0.249 e. The quantitative estimate of drug-likeness (QED) is 0.836. The van der Waals surface area contributed by atoms with Crippen LogP contribution in [0.1, 0.15) is 29.9 Å². The Balaban J connectivity index is 1.76. The third-order valence-corrected chi connectivity index (χ3v) is 6.79. The normalized spacial score (nSPS) is 18.2. The molecule has 1 unspecified atom stereocenters. The van der Waals surface area contributed by atoms with Gasteiger partial charge in [0.1, 0.15) is 16.6 Å². The van der Waals surface area contributed by atoms with E-state index in [1.807, 2.05) is 6.07 Å². The molecule has 26 heavy (non-hydrogen) atoms. The topological polar surface area (TPSA) is 92.5 Å². The molecule has 1 aliphatic rings. The van der Waals surface area contributed by atoms with Gasteiger partial charge in [-0.3, -0.25) is 4.79 Å². The number of carbonyl (C=O) groups excluding carboxylic acids is 1. The summed E-state index contributed by atoms with van der Waals surface area (Å²) in [5.74, 6) is -0.0923. The van der Waals surface area contributed by atoms with E-state index in [-0.39, 0.29) is 23.1 Å². The number of aryl methyl sites for hydroxylation is 2. The van der Waals surface area contributed by atoms with Crippen LogP contribution in [-0.4, -0.2) is 36.4 Å². The number of aromatic nitrogens is 1. The molecule has 3 rings (SSSR count). The van der Waals surface area contributed by atoms with Gasteiger partial charge in [0.2, 0.25) is 15.9 Å². The molecule has 0 bridgehead atoms. The highest BCUT2D eigenvalue weighted by Crippen LogP contribution is 2.29. The van der Waals surface area contributed by atoms with Crippen LogP contribution in [0.3, 0.4) is 0 Å². The Kier molecular flexibility index (Phi) is 5.36. The van der Waals surface area contributed by atoms with Crippen LogP contribution in [0.15, 0.2) is 33.7 Å². The van der Waals surface area contributed by atoms with Gasteiger partial charge in [0, 0.05) is 18.1 Å². The van der Waals surface area contributed by atoms with Gasteiger partial charge in [0.15, 0.2) is 5.76 Å². The van der Waals surface area contributed by atoms with E-state index in [0.717, 1.165) is 5.56 Å². The Labute approximate surface area is 157 Å². The molecule has 0 aliphatic carbocycles. The van der Waals surface area contributed by atoms with Gasteiger partial charge in [-0.25, -0.2) is 8.42 Å². The number of halogens is 1. The fourth-order valence-corrected chi connectivity index (χ4v) is 5.37. The lowest BCUT2D eigenvalue weighted by Gasteiger charge is -2.23. The maximum absolute atomic E-state index is 13.0. The van der Waals surface area contributed by atoms with Crippen molar-refractivity contribution in [2.24, 2.45) is 0 Å². The van der Waals surface area contributed by atoms with Crippen molar-refractivity contribution < 1.29 is 17.7 Å². The second kappa shape index (κ2) is 7.38. The zero-order chi connectivity index (χ0) is 18.9. The van der Waals surface area contributed by atoms with Gasteiger partial charge >= 0.3 is 0 Å².